The van der Waals surface area contributed by atoms with Crippen LogP contribution in [0.5, 0.6) is 11.5 Å². The third-order valence-corrected chi connectivity index (χ3v) is 7.70. The highest BCUT2D eigenvalue weighted by Crippen LogP contribution is 2.23. The van der Waals surface area contributed by atoms with Gasteiger partial charge in [0, 0.05) is 12.1 Å². The van der Waals surface area contributed by atoms with E-state index >= 15 is 0 Å². The van der Waals surface area contributed by atoms with Gasteiger partial charge in [0.1, 0.15) is 17.5 Å². The molecule has 42 heavy (non-hydrogen) atoms. The number of hydrogen-bond donors (Lipinski definition) is 0. The van der Waals surface area contributed by atoms with Crippen LogP contribution in [0, 0.1) is 0 Å². The van der Waals surface area contributed by atoms with E-state index in [0.717, 1.165) is 37.9 Å². The number of benzene rings is 2. The zero-order valence-electron chi connectivity index (χ0n) is 25.6. The van der Waals surface area contributed by atoms with Gasteiger partial charge < -0.3 is 19.1 Å². The third-order valence-electron chi connectivity index (χ3n) is 7.70. The number of carbonyl (C=O) groups is 3. The van der Waals surface area contributed by atoms with Crippen molar-refractivity contribution in [2.24, 2.45) is 0 Å². The van der Waals surface area contributed by atoms with E-state index in [-0.39, 0.29) is 11.9 Å². The molecule has 7 nitrogen and oxygen atoms in total. The topological polar surface area (TPSA) is 82.1 Å². The zero-order valence-corrected chi connectivity index (χ0v) is 25.6. The molecule has 1 aliphatic rings. The number of ether oxygens (including phenoxy) is 3. The lowest BCUT2D eigenvalue weighted by molar-refractivity contribution is -0.148. The van der Waals surface area contributed by atoms with Crippen LogP contribution >= 0.6 is 0 Å². The third kappa shape index (κ3) is 11.1. The summed E-state index contributed by atoms with van der Waals surface area (Å²) < 4.78 is 16.8. The van der Waals surface area contributed by atoms with E-state index in [2.05, 4.69) is 13.8 Å². The van der Waals surface area contributed by atoms with Crippen LogP contribution in [0.4, 0.5) is 0 Å². The molecule has 1 amide bonds. The number of unbranched alkanes of at least 4 members (excludes halogenated alkanes) is 10. The Morgan fingerprint density at radius 1 is 0.690 bits per heavy atom. The number of nitrogens with zero attached hydrogens (tertiary/aromatic N) is 1. The molecule has 1 heterocycles. The van der Waals surface area contributed by atoms with Crippen LogP contribution in [-0.4, -0.2) is 48.5 Å². The van der Waals surface area contributed by atoms with Gasteiger partial charge in [-0.15, -0.1) is 0 Å². The molecular formula is C35H49NO6. The van der Waals surface area contributed by atoms with Crippen LogP contribution in [-0.2, 0) is 9.53 Å². The van der Waals surface area contributed by atoms with Gasteiger partial charge in [-0.3, -0.25) is 4.79 Å². The first kappa shape index (κ1) is 33.2. The monoisotopic (exact) mass is 579 g/mol. The molecule has 0 radical (unpaired) electrons. The van der Waals surface area contributed by atoms with Gasteiger partial charge in [-0.05, 0) is 74.2 Å². The molecule has 0 bridgehead atoms. The molecule has 2 aromatic carbocycles. The Kier molecular flexibility index (Phi) is 15.0. The Hall–Kier alpha value is -3.35. The van der Waals surface area contributed by atoms with Crippen LogP contribution in [0.3, 0.4) is 0 Å². The number of carbonyl (C=O) groups excluding carboxylic acids is 3. The molecule has 0 N–H and O–H groups in total. The van der Waals surface area contributed by atoms with Crippen LogP contribution in [0.25, 0.3) is 0 Å². The van der Waals surface area contributed by atoms with Crippen LogP contribution in [0.15, 0.2) is 48.5 Å². The summed E-state index contributed by atoms with van der Waals surface area (Å²) in [5.74, 6) is 0.0530. The summed E-state index contributed by atoms with van der Waals surface area (Å²) in [5.41, 5.74) is 0.860. The number of likely N-dealkylation sites (tertiary alicyclic amines) is 1. The lowest BCUT2D eigenvalue weighted by Gasteiger charge is -2.23. The van der Waals surface area contributed by atoms with Crippen molar-refractivity contribution in [3.8, 4) is 11.5 Å². The van der Waals surface area contributed by atoms with E-state index in [9.17, 15) is 14.4 Å². The number of rotatable bonds is 19. The quantitative estimate of drug-likeness (QED) is 0.0949. The molecule has 0 saturated carbocycles. The van der Waals surface area contributed by atoms with Gasteiger partial charge in [0.15, 0.2) is 0 Å². The molecule has 1 aliphatic heterocycles. The number of hydrogen-bond acceptors (Lipinski definition) is 6. The second kappa shape index (κ2) is 19.0. The first-order valence-corrected chi connectivity index (χ1v) is 16.1. The minimum absolute atomic E-state index is 0.219. The SMILES string of the molecule is CCCCCCCCOC(=O)[C@@H]1CCCN1C(=O)c1ccc(OC(=O)c2ccc(OCCCCCCCC)cc2)cc1. The standard InChI is InChI=1S/C35H49NO6/c1-3-5-7-9-11-13-26-40-30-21-19-29(20-22-30)34(38)42-31-23-17-28(18-24-31)33(37)36-25-15-16-32(36)35(39)41-27-14-12-10-8-6-4-2/h17-24,32H,3-16,25-27H2,1-2H3/t32-/m0/s1. The maximum Gasteiger partial charge on any atom is 0.343 e. The summed E-state index contributed by atoms with van der Waals surface area (Å²) in [6.45, 7) is 5.99. The van der Waals surface area contributed by atoms with Crippen LogP contribution in [0.1, 0.15) is 124 Å². The highest BCUT2D eigenvalue weighted by molar-refractivity contribution is 5.97. The van der Waals surface area contributed by atoms with Gasteiger partial charge in [0.2, 0.25) is 0 Å². The van der Waals surface area contributed by atoms with Crippen LogP contribution < -0.4 is 9.47 Å². The fraction of sp³-hybridized carbons (Fsp3) is 0.571. The summed E-state index contributed by atoms with van der Waals surface area (Å²) in [4.78, 5) is 40.1. The van der Waals surface area contributed by atoms with E-state index in [4.69, 9.17) is 14.2 Å². The molecule has 0 spiro atoms. The molecule has 1 saturated heterocycles. The zero-order chi connectivity index (χ0) is 30.0. The Morgan fingerprint density at radius 3 is 1.88 bits per heavy atom. The fourth-order valence-corrected chi connectivity index (χ4v) is 5.16. The Morgan fingerprint density at radius 2 is 1.24 bits per heavy atom. The van der Waals surface area contributed by atoms with Gasteiger partial charge in [-0.25, -0.2) is 9.59 Å². The minimum Gasteiger partial charge on any atom is -0.494 e. The Labute approximate surface area is 251 Å². The lowest BCUT2D eigenvalue weighted by atomic mass is 10.1. The average molecular weight is 580 g/mol. The van der Waals surface area contributed by atoms with Crippen molar-refractivity contribution in [2.45, 2.75) is 110 Å². The van der Waals surface area contributed by atoms with Crippen molar-refractivity contribution in [1.29, 1.82) is 0 Å². The maximum atomic E-state index is 13.2. The predicted octanol–water partition coefficient (Wildman–Crippen LogP) is 8.15. The summed E-state index contributed by atoms with van der Waals surface area (Å²) in [6, 6.07) is 12.8. The Bertz CT molecular complexity index is 1080. The van der Waals surface area contributed by atoms with E-state index in [0.29, 0.717) is 43.1 Å². The van der Waals surface area contributed by atoms with E-state index in [1.54, 1.807) is 53.4 Å². The predicted molar refractivity (Wildman–Crippen MR) is 165 cm³/mol. The minimum atomic E-state index is -0.548. The molecular weight excluding hydrogens is 530 g/mol. The molecule has 7 heteroatoms. The first-order chi connectivity index (χ1) is 20.5. The number of amides is 1. The highest BCUT2D eigenvalue weighted by Gasteiger charge is 2.35. The lowest BCUT2D eigenvalue weighted by Crippen LogP contribution is -2.41. The van der Waals surface area contributed by atoms with Crippen molar-refractivity contribution in [2.75, 3.05) is 19.8 Å². The number of esters is 2. The molecule has 0 aliphatic carbocycles. The van der Waals surface area contributed by atoms with Gasteiger partial charge in [0.25, 0.3) is 5.91 Å². The summed E-state index contributed by atoms with van der Waals surface area (Å²) >= 11 is 0. The summed E-state index contributed by atoms with van der Waals surface area (Å²) in [7, 11) is 0. The second-order valence-electron chi connectivity index (χ2n) is 11.1. The van der Waals surface area contributed by atoms with Gasteiger partial charge in [-0.2, -0.15) is 0 Å². The van der Waals surface area contributed by atoms with Crippen molar-refractivity contribution < 1.29 is 28.6 Å². The maximum absolute atomic E-state index is 13.2. The molecule has 230 valence electrons. The van der Waals surface area contributed by atoms with Crippen LogP contribution in [0.2, 0.25) is 0 Å². The summed E-state index contributed by atoms with van der Waals surface area (Å²) in [6.07, 6.45) is 15.3. The fourth-order valence-electron chi connectivity index (χ4n) is 5.16. The Balaban J connectivity index is 1.42. The van der Waals surface area contributed by atoms with Crippen molar-refractivity contribution in [3.63, 3.8) is 0 Å². The normalized spacial score (nSPS) is 14.5. The van der Waals surface area contributed by atoms with E-state index in [1.807, 2.05) is 0 Å². The second-order valence-corrected chi connectivity index (χ2v) is 11.1. The largest absolute Gasteiger partial charge is 0.494 e. The van der Waals surface area contributed by atoms with Crippen molar-refractivity contribution in [3.05, 3.63) is 59.7 Å². The van der Waals surface area contributed by atoms with Gasteiger partial charge >= 0.3 is 11.9 Å². The van der Waals surface area contributed by atoms with Crippen molar-refractivity contribution in [1.82, 2.24) is 4.90 Å². The molecule has 1 fully saturated rings. The average Bonchev–Trinajstić information content (AvgIpc) is 3.51. The molecule has 1 atom stereocenters. The molecule has 0 aromatic heterocycles. The highest BCUT2D eigenvalue weighted by atomic mass is 16.5. The van der Waals surface area contributed by atoms with Crippen molar-refractivity contribution >= 4 is 17.8 Å². The summed E-state index contributed by atoms with van der Waals surface area (Å²) in [5, 5.41) is 0. The molecule has 2 aromatic rings. The van der Waals surface area contributed by atoms with Gasteiger partial charge in [0.05, 0.1) is 18.8 Å². The first-order valence-electron chi connectivity index (χ1n) is 16.1. The van der Waals surface area contributed by atoms with E-state index in [1.165, 1.54) is 51.4 Å². The molecule has 3 rings (SSSR count). The smallest absolute Gasteiger partial charge is 0.343 e. The van der Waals surface area contributed by atoms with Gasteiger partial charge in [-0.1, -0.05) is 78.1 Å². The van der Waals surface area contributed by atoms with E-state index < -0.39 is 12.0 Å². The molecule has 0 unspecified atom stereocenters.